The molecule has 2 nitrogen and oxygen atoms in total. The van der Waals surface area contributed by atoms with Gasteiger partial charge in [-0.25, -0.2) is 4.39 Å². The van der Waals surface area contributed by atoms with Crippen molar-refractivity contribution in [3.8, 4) is 0 Å². The molecule has 0 atom stereocenters. The first-order valence-corrected chi connectivity index (χ1v) is 4.39. The summed E-state index contributed by atoms with van der Waals surface area (Å²) in [5.41, 5.74) is 3.86. The number of carbonyl (C=O) groups is 1. The van der Waals surface area contributed by atoms with Crippen LogP contribution < -0.4 is 5.73 Å². The Labute approximate surface area is 90.2 Å². The standard InChI is InChI=1S/C8H4BrF4NO/c9-4-2-6(14)3(1-5(4)10)7(15)8(11,12)13/h1-2H,14H2. The number of halogens is 5. The minimum atomic E-state index is -5.06. The molecule has 0 spiro atoms. The molecule has 82 valence electrons. The van der Waals surface area contributed by atoms with Gasteiger partial charge in [0.2, 0.25) is 0 Å². The number of benzene rings is 1. The monoisotopic (exact) mass is 285 g/mol. The summed E-state index contributed by atoms with van der Waals surface area (Å²) in [5.74, 6) is -3.14. The topological polar surface area (TPSA) is 43.1 Å². The molecule has 0 bridgehead atoms. The predicted molar refractivity (Wildman–Crippen MR) is 48.9 cm³/mol. The predicted octanol–water partition coefficient (Wildman–Crippen LogP) is 2.92. The first-order chi connectivity index (χ1) is 6.73. The van der Waals surface area contributed by atoms with Crippen LogP contribution in [0.15, 0.2) is 16.6 Å². The number of rotatable bonds is 1. The van der Waals surface area contributed by atoms with Gasteiger partial charge in [-0.3, -0.25) is 4.79 Å². The highest BCUT2D eigenvalue weighted by Crippen LogP contribution is 2.28. The number of nitrogens with two attached hydrogens (primary N) is 1. The van der Waals surface area contributed by atoms with Crippen LogP contribution >= 0.6 is 15.9 Å². The van der Waals surface area contributed by atoms with Gasteiger partial charge in [0, 0.05) is 5.69 Å². The molecular weight excluding hydrogens is 282 g/mol. The van der Waals surface area contributed by atoms with Crippen molar-refractivity contribution in [2.24, 2.45) is 0 Å². The number of alkyl halides is 3. The van der Waals surface area contributed by atoms with E-state index in [1.54, 1.807) is 0 Å². The zero-order chi connectivity index (χ0) is 11.8. The van der Waals surface area contributed by atoms with Gasteiger partial charge in [0.15, 0.2) is 0 Å². The van der Waals surface area contributed by atoms with E-state index in [4.69, 9.17) is 5.73 Å². The third-order valence-corrected chi connectivity index (χ3v) is 2.20. The van der Waals surface area contributed by atoms with E-state index in [1.165, 1.54) is 0 Å². The number of carbonyl (C=O) groups excluding carboxylic acids is 1. The number of Topliss-reactive ketones (excluding diaryl/α,β-unsaturated/α-hetero) is 1. The van der Waals surface area contributed by atoms with Crippen molar-refractivity contribution in [3.63, 3.8) is 0 Å². The average molecular weight is 286 g/mol. The second kappa shape index (κ2) is 3.80. The maximum Gasteiger partial charge on any atom is 0.454 e. The second-order valence-corrected chi connectivity index (χ2v) is 3.53. The molecule has 0 aliphatic rings. The maximum absolute atomic E-state index is 12.9. The van der Waals surface area contributed by atoms with Crippen LogP contribution in [0.3, 0.4) is 0 Å². The fourth-order valence-electron chi connectivity index (χ4n) is 0.912. The van der Waals surface area contributed by atoms with Crippen molar-refractivity contribution < 1.29 is 22.4 Å². The van der Waals surface area contributed by atoms with Crippen molar-refractivity contribution in [1.29, 1.82) is 0 Å². The van der Waals surface area contributed by atoms with Crippen LogP contribution in [0.1, 0.15) is 10.4 Å². The van der Waals surface area contributed by atoms with E-state index in [0.29, 0.717) is 6.07 Å². The fraction of sp³-hybridized carbons (Fsp3) is 0.125. The summed E-state index contributed by atoms with van der Waals surface area (Å²) in [7, 11) is 0. The Kier molecular flexibility index (Phi) is 3.03. The third kappa shape index (κ3) is 2.47. The highest BCUT2D eigenvalue weighted by molar-refractivity contribution is 9.10. The first kappa shape index (κ1) is 12.0. The van der Waals surface area contributed by atoms with Gasteiger partial charge in [-0.05, 0) is 28.1 Å². The highest BCUT2D eigenvalue weighted by atomic mass is 79.9. The normalized spacial score (nSPS) is 11.5. The minimum absolute atomic E-state index is 0.0984. The molecule has 15 heavy (non-hydrogen) atoms. The van der Waals surface area contributed by atoms with E-state index < -0.39 is 29.0 Å². The van der Waals surface area contributed by atoms with E-state index in [9.17, 15) is 22.4 Å². The van der Waals surface area contributed by atoms with Crippen molar-refractivity contribution in [2.75, 3.05) is 5.73 Å². The minimum Gasteiger partial charge on any atom is -0.398 e. The van der Waals surface area contributed by atoms with Crippen LogP contribution in [0.4, 0.5) is 23.2 Å². The quantitative estimate of drug-likeness (QED) is 0.490. The Morgan fingerprint density at radius 2 is 1.87 bits per heavy atom. The van der Waals surface area contributed by atoms with Gasteiger partial charge < -0.3 is 5.73 Å². The molecule has 1 aromatic rings. The molecule has 0 unspecified atom stereocenters. The Hall–Kier alpha value is -1.11. The molecule has 0 aliphatic heterocycles. The summed E-state index contributed by atoms with van der Waals surface area (Å²) >= 11 is 2.73. The largest absolute Gasteiger partial charge is 0.454 e. The number of hydrogen-bond donors (Lipinski definition) is 1. The summed E-state index contributed by atoms with van der Waals surface area (Å²) in [4.78, 5) is 10.8. The van der Waals surface area contributed by atoms with Gasteiger partial charge in [-0.15, -0.1) is 0 Å². The Morgan fingerprint density at radius 1 is 1.33 bits per heavy atom. The van der Waals surface area contributed by atoms with Gasteiger partial charge in [-0.1, -0.05) is 0 Å². The zero-order valence-electron chi connectivity index (χ0n) is 7.03. The third-order valence-electron chi connectivity index (χ3n) is 1.59. The smallest absolute Gasteiger partial charge is 0.398 e. The van der Waals surface area contributed by atoms with Gasteiger partial charge in [0.05, 0.1) is 10.0 Å². The second-order valence-electron chi connectivity index (χ2n) is 2.68. The van der Waals surface area contributed by atoms with E-state index in [-0.39, 0.29) is 4.47 Å². The first-order valence-electron chi connectivity index (χ1n) is 3.59. The molecule has 0 fully saturated rings. The van der Waals surface area contributed by atoms with Crippen molar-refractivity contribution >= 4 is 27.4 Å². The Balaban J connectivity index is 3.28. The van der Waals surface area contributed by atoms with E-state index in [0.717, 1.165) is 6.07 Å². The molecule has 2 N–H and O–H groups in total. The molecule has 1 aromatic carbocycles. The van der Waals surface area contributed by atoms with Crippen LogP contribution in [-0.2, 0) is 0 Å². The summed E-state index contributed by atoms with van der Waals surface area (Å²) in [6, 6.07) is 1.36. The van der Waals surface area contributed by atoms with Gasteiger partial charge in [0.1, 0.15) is 5.82 Å². The molecule has 0 aromatic heterocycles. The molecule has 0 aliphatic carbocycles. The van der Waals surface area contributed by atoms with Crippen LogP contribution in [0.2, 0.25) is 0 Å². The molecule has 0 amide bonds. The van der Waals surface area contributed by atoms with E-state index >= 15 is 0 Å². The lowest BCUT2D eigenvalue weighted by Crippen LogP contribution is -2.24. The van der Waals surface area contributed by atoms with Crippen molar-refractivity contribution in [3.05, 3.63) is 28.0 Å². The summed E-state index contributed by atoms with van der Waals surface area (Å²) in [6.07, 6.45) is -5.06. The number of hydrogen-bond acceptors (Lipinski definition) is 2. The molecule has 1 rings (SSSR count). The number of nitrogen functional groups attached to an aromatic ring is 1. The Morgan fingerprint density at radius 3 is 2.33 bits per heavy atom. The summed E-state index contributed by atoms with van der Waals surface area (Å²) in [6.45, 7) is 0. The lowest BCUT2D eigenvalue weighted by molar-refractivity contribution is -0.0884. The van der Waals surface area contributed by atoms with Gasteiger partial charge in [0.25, 0.3) is 5.78 Å². The lowest BCUT2D eigenvalue weighted by Gasteiger charge is -2.08. The number of anilines is 1. The molecule has 0 radical (unpaired) electrons. The number of ketones is 1. The maximum atomic E-state index is 12.9. The lowest BCUT2D eigenvalue weighted by atomic mass is 10.1. The van der Waals surface area contributed by atoms with Crippen LogP contribution in [0.5, 0.6) is 0 Å². The van der Waals surface area contributed by atoms with Crippen molar-refractivity contribution in [2.45, 2.75) is 6.18 Å². The van der Waals surface area contributed by atoms with Crippen LogP contribution in [-0.4, -0.2) is 12.0 Å². The fourth-order valence-corrected chi connectivity index (χ4v) is 1.27. The highest BCUT2D eigenvalue weighted by Gasteiger charge is 2.40. The summed E-state index contributed by atoms with van der Waals surface area (Å²) in [5, 5.41) is 0. The van der Waals surface area contributed by atoms with Gasteiger partial charge in [-0.2, -0.15) is 13.2 Å². The van der Waals surface area contributed by atoms with Crippen molar-refractivity contribution in [1.82, 2.24) is 0 Å². The average Bonchev–Trinajstić information content (AvgIpc) is 2.08. The molecule has 7 heteroatoms. The Bertz CT molecular complexity index is 416. The zero-order valence-corrected chi connectivity index (χ0v) is 8.62. The van der Waals surface area contributed by atoms with Crippen LogP contribution in [0, 0.1) is 5.82 Å². The molecule has 0 heterocycles. The molecular formula is C8H4BrF4NO. The SMILES string of the molecule is Nc1cc(Br)c(F)cc1C(=O)C(F)(F)F. The summed E-state index contributed by atoms with van der Waals surface area (Å²) < 4.78 is 48.8. The van der Waals surface area contributed by atoms with E-state index in [1.807, 2.05) is 0 Å². The molecule has 0 saturated carbocycles. The molecule has 0 saturated heterocycles. The van der Waals surface area contributed by atoms with E-state index in [2.05, 4.69) is 15.9 Å². The van der Waals surface area contributed by atoms with Gasteiger partial charge >= 0.3 is 6.18 Å². The van der Waals surface area contributed by atoms with Crippen LogP contribution in [0.25, 0.3) is 0 Å².